The Morgan fingerprint density at radius 3 is 2.27 bits per heavy atom. The third-order valence-electron chi connectivity index (χ3n) is 1.94. The predicted octanol–water partition coefficient (Wildman–Crippen LogP) is 0.359. The minimum Gasteiger partial charge on any atom is -0.481 e. The van der Waals surface area contributed by atoms with Crippen molar-refractivity contribution in [3.63, 3.8) is 0 Å². The first-order valence-electron chi connectivity index (χ1n) is 4.87. The number of nitrogens with zero attached hydrogens (tertiary/aromatic N) is 2. The quantitative estimate of drug-likeness (QED) is 0.497. The van der Waals surface area contributed by atoms with Crippen molar-refractivity contribution in [2.24, 2.45) is 0 Å². The Bertz CT molecular complexity index is 219. The van der Waals surface area contributed by atoms with Crippen molar-refractivity contribution in [3.8, 4) is 0 Å². The first kappa shape index (κ1) is 13.7. The van der Waals surface area contributed by atoms with Gasteiger partial charge in [0, 0.05) is 34.1 Å². The fourth-order valence-corrected chi connectivity index (χ4v) is 1.15. The number of hydrogen-bond donors (Lipinski definition) is 2. The van der Waals surface area contributed by atoms with Crippen molar-refractivity contribution in [2.75, 3.05) is 27.7 Å². The maximum absolute atomic E-state index is 11.3. The third-order valence-corrected chi connectivity index (χ3v) is 1.94. The molecule has 0 fully saturated rings. The Morgan fingerprint density at radius 1 is 1.27 bits per heavy atom. The van der Waals surface area contributed by atoms with E-state index < -0.39 is 5.97 Å². The molecule has 2 N–H and O–H groups in total. The van der Waals surface area contributed by atoms with E-state index in [0.717, 1.165) is 0 Å². The van der Waals surface area contributed by atoms with Gasteiger partial charge in [-0.3, -0.25) is 9.80 Å². The molecular formula is C9H19N3O3. The summed E-state index contributed by atoms with van der Waals surface area (Å²) in [4.78, 5) is 21.6. The van der Waals surface area contributed by atoms with Crippen molar-refractivity contribution in [2.45, 2.75) is 19.3 Å². The normalized spacial score (nSPS) is 10.1. The molecule has 6 heteroatoms. The summed E-state index contributed by atoms with van der Waals surface area (Å²) < 4.78 is 0. The molecule has 0 atom stereocenters. The number of carbonyl (C=O) groups is 2. The maximum atomic E-state index is 11.3. The van der Waals surface area contributed by atoms with Crippen LogP contribution < -0.4 is 5.32 Å². The van der Waals surface area contributed by atoms with Crippen LogP contribution in [-0.4, -0.2) is 54.8 Å². The highest BCUT2D eigenvalue weighted by atomic mass is 16.4. The number of aliphatic carboxylic acids is 1. The van der Waals surface area contributed by atoms with E-state index >= 15 is 0 Å². The number of urea groups is 1. The maximum Gasteiger partial charge on any atom is 0.331 e. The average molecular weight is 217 g/mol. The summed E-state index contributed by atoms with van der Waals surface area (Å²) >= 11 is 0. The molecule has 2 amide bonds. The predicted molar refractivity (Wildman–Crippen MR) is 56.3 cm³/mol. The molecule has 0 rings (SSSR count). The van der Waals surface area contributed by atoms with Gasteiger partial charge in [-0.1, -0.05) is 0 Å². The number of hydrogen-bond acceptors (Lipinski definition) is 3. The van der Waals surface area contributed by atoms with Crippen LogP contribution in [0.3, 0.4) is 0 Å². The minimum absolute atomic E-state index is 0.148. The summed E-state index contributed by atoms with van der Waals surface area (Å²) in [7, 11) is 5.11. The summed E-state index contributed by atoms with van der Waals surface area (Å²) in [6.07, 6.45) is 1.41. The van der Waals surface area contributed by atoms with E-state index in [-0.39, 0.29) is 12.5 Å². The molecule has 6 nitrogen and oxygen atoms in total. The van der Waals surface area contributed by atoms with Crippen LogP contribution in [0.15, 0.2) is 0 Å². The van der Waals surface area contributed by atoms with Gasteiger partial charge in [0.15, 0.2) is 0 Å². The van der Waals surface area contributed by atoms with Gasteiger partial charge < -0.3 is 10.4 Å². The molecular weight excluding hydrogens is 198 g/mol. The van der Waals surface area contributed by atoms with Crippen LogP contribution in [0.25, 0.3) is 0 Å². The van der Waals surface area contributed by atoms with Crippen molar-refractivity contribution < 1.29 is 14.7 Å². The zero-order valence-corrected chi connectivity index (χ0v) is 9.49. The van der Waals surface area contributed by atoms with Crippen molar-refractivity contribution >= 4 is 12.0 Å². The zero-order chi connectivity index (χ0) is 11.8. The average Bonchev–Trinajstić information content (AvgIpc) is 2.15. The van der Waals surface area contributed by atoms with Crippen LogP contribution >= 0.6 is 0 Å². The van der Waals surface area contributed by atoms with Crippen molar-refractivity contribution in [3.05, 3.63) is 0 Å². The molecule has 0 heterocycles. The van der Waals surface area contributed by atoms with E-state index in [4.69, 9.17) is 5.11 Å². The molecule has 0 aliphatic carbocycles. The highest BCUT2D eigenvalue weighted by Crippen LogP contribution is 2.00. The number of nitrogens with one attached hydrogen (secondary N) is 1. The van der Waals surface area contributed by atoms with E-state index in [1.54, 1.807) is 26.2 Å². The highest BCUT2D eigenvalue weighted by molar-refractivity contribution is 5.73. The largest absolute Gasteiger partial charge is 0.481 e. The van der Waals surface area contributed by atoms with E-state index in [9.17, 15) is 9.59 Å². The van der Waals surface area contributed by atoms with Crippen LogP contribution in [-0.2, 0) is 4.79 Å². The van der Waals surface area contributed by atoms with Crippen LogP contribution in [0.4, 0.5) is 4.79 Å². The number of rotatable bonds is 6. The molecule has 0 unspecified atom stereocenters. The lowest BCUT2D eigenvalue weighted by Gasteiger charge is -2.28. The van der Waals surface area contributed by atoms with E-state index in [1.165, 1.54) is 5.01 Å². The van der Waals surface area contributed by atoms with Gasteiger partial charge >= 0.3 is 12.0 Å². The fraction of sp³-hybridized carbons (Fsp3) is 0.778. The van der Waals surface area contributed by atoms with Gasteiger partial charge in [-0.05, 0) is 12.8 Å². The summed E-state index contributed by atoms with van der Waals surface area (Å²) in [5.74, 6) is -0.800. The molecule has 0 aromatic heterocycles. The number of hydrazine groups is 1. The number of carboxylic acid groups (broad SMARTS) is 1. The van der Waals surface area contributed by atoms with E-state index in [0.29, 0.717) is 19.4 Å². The van der Waals surface area contributed by atoms with E-state index in [2.05, 4.69) is 5.32 Å². The Labute approximate surface area is 89.8 Å². The van der Waals surface area contributed by atoms with Gasteiger partial charge in [-0.15, -0.1) is 0 Å². The van der Waals surface area contributed by atoms with Crippen LogP contribution in [0.5, 0.6) is 0 Å². The van der Waals surface area contributed by atoms with Gasteiger partial charge in [0.05, 0.1) is 0 Å². The Kier molecular flexibility index (Phi) is 6.44. The first-order valence-corrected chi connectivity index (χ1v) is 4.87. The summed E-state index contributed by atoms with van der Waals surface area (Å²) in [6, 6.07) is -0.185. The van der Waals surface area contributed by atoms with Crippen LogP contribution in [0, 0.1) is 0 Å². The molecule has 0 aliphatic heterocycles. The van der Waals surface area contributed by atoms with E-state index in [1.807, 2.05) is 0 Å². The van der Waals surface area contributed by atoms with Gasteiger partial charge in [0.25, 0.3) is 0 Å². The van der Waals surface area contributed by atoms with Gasteiger partial charge in [-0.2, -0.15) is 0 Å². The Balaban J connectivity index is 3.87. The second-order valence-corrected chi connectivity index (χ2v) is 3.38. The second-order valence-electron chi connectivity index (χ2n) is 3.38. The molecule has 15 heavy (non-hydrogen) atoms. The van der Waals surface area contributed by atoms with Crippen LogP contribution in [0.2, 0.25) is 0 Å². The summed E-state index contributed by atoms with van der Waals surface area (Å²) in [5, 5.41) is 14.2. The number of carboxylic acids is 1. The molecule has 0 saturated carbocycles. The second kappa shape index (κ2) is 7.05. The fourth-order valence-electron chi connectivity index (χ4n) is 1.15. The lowest BCUT2D eigenvalue weighted by molar-refractivity contribution is -0.137. The van der Waals surface area contributed by atoms with Gasteiger partial charge in [0.1, 0.15) is 0 Å². The molecule has 88 valence electrons. The SMILES string of the molecule is CNC(=O)N(CCCCC(=O)O)N(C)C. The van der Waals surface area contributed by atoms with Crippen molar-refractivity contribution in [1.82, 2.24) is 15.3 Å². The summed E-state index contributed by atoms with van der Waals surface area (Å²) in [5.41, 5.74) is 0. The smallest absolute Gasteiger partial charge is 0.331 e. The Morgan fingerprint density at radius 2 is 1.87 bits per heavy atom. The number of unbranched alkanes of at least 4 members (excludes halogenated alkanes) is 1. The summed E-state index contributed by atoms with van der Waals surface area (Å²) in [6.45, 7) is 0.528. The minimum atomic E-state index is -0.800. The number of carbonyl (C=O) groups excluding carboxylic acids is 1. The molecule has 0 radical (unpaired) electrons. The Hall–Kier alpha value is -1.30. The standard InChI is InChI=1S/C9H19N3O3/c1-10-9(15)12(11(2)3)7-5-4-6-8(13)14/h4-7H2,1-3H3,(H,10,15)(H,13,14). The van der Waals surface area contributed by atoms with Gasteiger partial charge in [-0.25, -0.2) is 9.80 Å². The molecule has 0 bridgehead atoms. The monoisotopic (exact) mass is 217 g/mol. The van der Waals surface area contributed by atoms with Crippen LogP contribution in [0.1, 0.15) is 19.3 Å². The molecule has 0 saturated heterocycles. The molecule has 0 spiro atoms. The number of amides is 2. The molecule has 0 aliphatic rings. The first-order chi connectivity index (χ1) is 6.99. The molecule has 0 aromatic rings. The van der Waals surface area contributed by atoms with Gasteiger partial charge in [0.2, 0.25) is 0 Å². The topological polar surface area (TPSA) is 72.9 Å². The molecule has 0 aromatic carbocycles. The van der Waals surface area contributed by atoms with Crippen molar-refractivity contribution in [1.29, 1.82) is 0 Å². The lowest BCUT2D eigenvalue weighted by Crippen LogP contribution is -2.46. The zero-order valence-electron chi connectivity index (χ0n) is 9.49. The highest BCUT2D eigenvalue weighted by Gasteiger charge is 2.13. The third kappa shape index (κ3) is 5.90. The lowest BCUT2D eigenvalue weighted by atomic mass is 10.2.